The van der Waals surface area contributed by atoms with Gasteiger partial charge in [0, 0.05) is 24.7 Å². The van der Waals surface area contributed by atoms with E-state index in [0.717, 1.165) is 23.3 Å². The van der Waals surface area contributed by atoms with Gasteiger partial charge in [-0.15, -0.1) is 0 Å². The highest BCUT2D eigenvalue weighted by Crippen LogP contribution is 2.10. The van der Waals surface area contributed by atoms with Gasteiger partial charge in [-0.05, 0) is 26.3 Å². The summed E-state index contributed by atoms with van der Waals surface area (Å²) in [4.78, 5) is 24.0. The van der Waals surface area contributed by atoms with Crippen LogP contribution in [-0.2, 0) is 16.1 Å². The van der Waals surface area contributed by atoms with E-state index in [2.05, 4.69) is 0 Å². The number of carboxylic acids is 1. The van der Waals surface area contributed by atoms with Crippen LogP contribution in [-0.4, -0.2) is 27.9 Å². The second-order valence-electron chi connectivity index (χ2n) is 4.72. The largest absolute Gasteiger partial charge is 0.478 e. The minimum Gasteiger partial charge on any atom is -0.478 e. The number of carbonyl (C=O) groups excluding carboxylic acids is 1. The summed E-state index contributed by atoms with van der Waals surface area (Å²) < 4.78 is 0. The van der Waals surface area contributed by atoms with Crippen LogP contribution in [0.2, 0.25) is 0 Å². The van der Waals surface area contributed by atoms with Crippen LogP contribution in [0, 0.1) is 6.92 Å². The van der Waals surface area contributed by atoms with Crippen LogP contribution in [0.4, 0.5) is 0 Å². The average Bonchev–Trinajstić information content (AvgIpc) is 2.34. The third kappa shape index (κ3) is 4.95. The predicted molar refractivity (Wildman–Crippen MR) is 73.6 cm³/mol. The first-order valence-electron chi connectivity index (χ1n) is 6.17. The molecule has 0 bridgehead atoms. The molecule has 0 aliphatic carbocycles. The van der Waals surface area contributed by atoms with Crippen molar-refractivity contribution in [2.75, 3.05) is 0 Å². The maximum absolute atomic E-state index is 11.9. The van der Waals surface area contributed by atoms with Crippen molar-refractivity contribution in [3.63, 3.8) is 0 Å². The number of carboxylic acid groups (broad SMARTS) is 1. The number of aryl methyl sites for hydroxylation is 1. The lowest BCUT2D eigenvalue weighted by molar-refractivity contribution is -0.132. The molecule has 0 saturated heterocycles. The van der Waals surface area contributed by atoms with Crippen LogP contribution in [0.5, 0.6) is 0 Å². The molecule has 19 heavy (non-hydrogen) atoms. The van der Waals surface area contributed by atoms with Crippen LogP contribution < -0.4 is 0 Å². The van der Waals surface area contributed by atoms with E-state index in [1.54, 1.807) is 4.90 Å². The molecule has 0 saturated carbocycles. The SMILES string of the molecule is Cc1ccc(CN(C(=O)/C=C/C(=O)O)C(C)C)cc1. The van der Waals surface area contributed by atoms with Crippen molar-refractivity contribution in [2.45, 2.75) is 33.4 Å². The number of rotatable bonds is 5. The Morgan fingerprint density at radius 1 is 1.21 bits per heavy atom. The fourth-order valence-electron chi connectivity index (χ4n) is 1.64. The van der Waals surface area contributed by atoms with Gasteiger partial charge in [-0.1, -0.05) is 29.8 Å². The Morgan fingerprint density at radius 3 is 2.26 bits per heavy atom. The molecular formula is C15H19NO3. The predicted octanol–water partition coefficient (Wildman–Crippen LogP) is 2.37. The van der Waals surface area contributed by atoms with Crippen LogP contribution in [0.25, 0.3) is 0 Å². The molecule has 0 unspecified atom stereocenters. The molecule has 1 aromatic carbocycles. The van der Waals surface area contributed by atoms with Gasteiger partial charge in [0.15, 0.2) is 0 Å². The van der Waals surface area contributed by atoms with Gasteiger partial charge in [-0.3, -0.25) is 4.79 Å². The molecule has 1 aromatic rings. The van der Waals surface area contributed by atoms with Gasteiger partial charge in [-0.2, -0.15) is 0 Å². The fraction of sp³-hybridized carbons (Fsp3) is 0.333. The first kappa shape index (κ1) is 15.0. The second kappa shape index (κ2) is 6.73. The first-order valence-corrected chi connectivity index (χ1v) is 6.17. The van der Waals surface area contributed by atoms with Crippen molar-refractivity contribution in [1.29, 1.82) is 0 Å². The molecule has 0 radical (unpaired) electrons. The number of nitrogens with zero attached hydrogens (tertiary/aromatic N) is 1. The molecule has 1 rings (SSSR count). The minimum atomic E-state index is -1.12. The standard InChI is InChI=1S/C15H19NO3/c1-11(2)16(14(17)8-9-15(18)19)10-13-6-4-12(3)5-7-13/h4-9,11H,10H2,1-3H3,(H,18,19)/b9-8+. The Morgan fingerprint density at radius 2 is 1.79 bits per heavy atom. The molecular weight excluding hydrogens is 242 g/mol. The molecule has 4 heteroatoms. The number of hydrogen-bond acceptors (Lipinski definition) is 2. The summed E-state index contributed by atoms with van der Waals surface area (Å²) in [5.41, 5.74) is 2.19. The number of aliphatic carboxylic acids is 1. The summed E-state index contributed by atoms with van der Waals surface area (Å²) in [6, 6.07) is 7.93. The molecule has 0 aliphatic rings. The maximum atomic E-state index is 11.9. The van der Waals surface area contributed by atoms with Crippen molar-refractivity contribution in [3.8, 4) is 0 Å². The molecule has 0 heterocycles. The van der Waals surface area contributed by atoms with Crippen molar-refractivity contribution in [2.24, 2.45) is 0 Å². The van der Waals surface area contributed by atoms with E-state index < -0.39 is 5.97 Å². The fourth-order valence-corrected chi connectivity index (χ4v) is 1.64. The number of amides is 1. The van der Waals surface area contributed by atoms with E-state index in [-0.39, 0.29) is 11.9 Å². The average molecular weight is 261 g/mol. The highest BCUT2D eigenvalue weighted by molar-refractivity contribution is 5.94. The van der Waals surface area contributed by atoms with Crippen molar-refractivity contribution >= 4 is 11.9 Å². The Hall–Kier alpha value is -2.10. The zero-order valence-corrected chi connectivity index (χ0v) is 11.5. The first-order chi connectivity index (χ1) is 8.90. The molecule has 0 aliphatic heterocycles. The van der Waals surface area contributed by atoms with Gasteiger partial charge in [0.1, 0.15) is 0 Å². The van der Waals surface area contributed by atoms with Gasteiger partial charge < -0.3 is 10.0 Å². The van der Waals surface area contributed by atoms with Gasteiger partial charge in [0.25, 0.3) is 0 Å². The lowest BCUT2D eigenvalue weighted by atomic mass is 10.1. The zero-order chi connectivity index (χ0) is 14.4. The van der Waals surface area contributed by atoms with Gasteiger partial charge in [-0.25, -0.2) is 4.79 Å². The summed E-state index contributed by atoms with van der Waals surface area (Å²) in [6.07, 6.45) is 1.96. The lowest BCUT2D eigenvalue weighted by Gasteiger charge is -2.25. The quantitative estimate of drug-likeness (QED) is 0.828. The van der Waals surface area contributed by atoms with Gasteiger partial charge in [0.05, 0.1) is 0 Å². The lowest BCUT2D eigenvalue weighted by Crippen LogP contribution is -2.35. The number of carbonyl (C=O) groups is 2. The Labute approximate surface area is 113 Å². The Bertz CT molecular complexity index is 475. The van der Waals surface area contributed by atoms with Crippen LogP contribution in [0.15, 0.2) is 36.4 Å². The smallest absolute Gasteiger partial charge is 0.328 e. The van der Waals surface area contributed by atoms with Crippen LogP contribution in [0.3, 0.4) is 0 Å². The highest BCUT2D eigenvalue weighted by atomic mass is 16.4. The Kier molecular flexibility index (Phi) is 5.30. The van der Waals surface area contributed by atoms with Crippen molar-refractivity contribution in [3.05, 3.63) is 47.5 Å². The topological polar surface area (TPSA) is 57.6 Å². The molecule has 4 nitrogen and oxygen atoms in total. The van der Waals surface area contributed by atoms with E-state index in [1.165, 1.54) is 0 Å². The van der Waals surface area contributed by atoms with Crippen LogP contribution >= 0.6 is 0 Å². The molecule has 1 N–H and O–H groups in total. The third-order valence-electron chi connectivity index (χ3n) is 2.75. The molecule has 102 valence electrons. The summed E-state index contributed by atoms with van der Waals surface area (Å²) in [5, 5.41) is 8.55. The minimum absolute atomic E-state index is 0.00671. The summed E-state index contributed by atoms with van der Waals surface area (Å²) in [5.74, 6) is -1.41. The highest BCUT2D eigenvalue weighted by Gasteiger charge is 2.15. The van der Waals surface area contributed by atoms with Crippen molar-refractivity contribution < 1.29 is 14.7 Å². The van der Waals surface area contributed by atoms with E-state index in [9.17, 15) is 9.59 Å². The molecule has 0 aromatic heterocycles. The van der Waals surface area contributed by atoms with Gasteiger partial charge in [0.2, 0.25) is 5.91 Å². The second-order valence-corrected chi connectivity index (χ2v) is 4.72. The van der Waals surface area contributed by atoms with E-state index in [1.807, 2.05) is 45.0 Å². The number of hydrogen-bond donors (Lipinski definition) is 1. The van der Waals surface area contributed by atoms with E-state index >= 15 is 0 Å². The van der Waals surface area contributed by atoms with E-state index in [0.29, 0.717) is 6.54 Å². The van der Waals surface area contributed by atoms with Gasteiger partial charge >= 0.3 is 5.97 Å². The van der Waals surface area contributed by atoms with E-state index in [4.69, 9.17) is 5.11 Å². The summed E-state index contributed by atoms with van der Waals surface area (Å²) in [6.45, 7) is 6.28. The maximum Gasteiger partial charge on any atom is 0.328 e. The zero-order valence-electron chi connectivity index (χ0n) is 11.5. The normalized spacial score (nSPS) is 10.9. The molecule has 0 fully saturated rings. The summed E-state index contributed by atoms with van der Waals surface area (Å²) in [7, 11) is 0. The molecule has 0 spiro atoms. The molecule has 0 atom stereocenters. The molecule has 1 amide bonds. The Balaban J connectivity index is 2.81. The monoisotopic (exact) mass is 261 g/mol. The number of benzene rings is 1. The summed E-state index contributed by atoms with van der Waals surface area (Å²) >= 11 is 0. The third-order valence-corrected chi connectivity index (χ3v) is 2.75. The van der Waals surface area contributed by atoms with Crippen LogP contribution in [0.1, 0.15) is 25.0 Å². The van der Waals surface area contributed by atoms with Crippen molar-refractivity contribution in [1.82, 2.24) is 4.90 Å².